The van der Waals surface area contributed by atoms with Crippen LogP contribution in [0, 0.1) is 16.0 Å². The lowest BCUT2D eigenvalue weighted by molar-refractivity contribution is -0.388. The summed E-state index contributed by atoms with van der Waals surface area (Å²) in [5.41, 5.74) is 0. The number of imidazole rings is 1. The molecule has 20 heavy (non-hydrogen) atoms. The maximum atomic E-state index is 11.9. The average molecular weight is 281 g/mol. The summed E-state index contributed by atoms with van der Waals surface area (Å²) < 4.78 is 1.65. The molecule has 8 heteroatoms. The first-order chi connectivity index (χ1) is 9.41. The van der Waals surface area contributed by atoms with Crippen molar-refractivity contribution < 1.29 is 9.72 Å². The van der Waals surface area contributed by atoms with E-state index in [0.717, 1.165) is 0 Å². The summed E-state index contributed by atoms with van der Waals surface area (Å²) in [6.07, 6.45) is 1.44. The predicted octanol–water partition coefficient (Wildman–Crippen LogP) is 0.633. The molecule has 0 radical (unpaired) electrons. The van der Waals surface area contributed by atoms with Crippen molar-refractivity contribution in [2.24, 2.45) is 13.0 Å². The molecule has 8 nitrogen and oxygen atoms in total. The lowest BCUT2D eigenvalue weighted by Crippen LogP contribution is -2.50. The second-order valence-electron chi connectivity index (χ2n) is 5.23. The molecule has 1 aromatic rings. The first-order valence-electron chi connectivity index (χ1n) is 6.61. The Balaban J connectivity index is 2.10. The number of aromatic nitrogens is 2. The Labute approximate surface area is 117 Å². The molecule has 0 spiro atoms. The second-order valence-corrected chi connectivity index (χ2v) is 5.23. The van der Waals surface area contributed by atoms with E-state index in [9.17, 15) is 14.9 Å². The number of rotatable bonds is 3. The Bertz CT molecular complexity index is 517. The van der Waals surface area contributed by atoms with Crippen molar-refractivity contribution >= 4 is 17.5 Å². The Morgan fingerprint density at radius 1 is 1.35 bits per heavy atom. The highest BCUT2D eigenvalue weighted by atomic mass is 16.6. The number of carbonyl (C=O) groups excluding carboxylic acids is 1. The zero-order valence-corrected chi connectivity index (χ0v) is 11.9. The molecule has 0 unspecified atom stereocenters. The zero-order valence-electron chi connectivity index (χ0n) is 11.9. The highest BCUT2D eigenvalue weighted by Crippen LogP contribution is 2.26. The van der Waals surface area contributed by atoms with Gasteiger partial charge in [0.2, 0.25) is 18.1 Å². The van der Waals surface area contributed by atoms with Gasteiger partial charge in [-0.1, -0.05) is 13.8 Å². The molecule has 1 aliphatic heterocycles. The van der Waals surface area contributed by atoms with Gasteiger partial charge in [-0.2, -0.15) is 0 Å². The summed E-state index contributed by atoms with van der Waals surface area (Å²) in [6, 6.07) is 0. The minimum absolute atomic E-state index is 0.0208. The summed E-state index contributed by atoms with van der Waals surface area (Å²) >= 11 is 0. The van der Waals surface area contributed by atoms with Gasteiger partial charge < -0.3 is 19.9 Å². The quantitative estimate of drug-likeness (QED) is 0.599. The number of piperazine rings is 1. The van der Waals surface area contributed by atoms with Gasteiger partial charge in [0.15, 0.2) is 0 Å². The first kappa shape index (κ1) is 14.3. The molecule has 1 amide bonds. The molecule has 0 atom stereocenters. The molecule has 1 aliphatic rings. The van der Waals surface area contributed by atoms with Crippen molar-refractivity contribution in [2.75, 3.05) is 31.1 Å². The smallest absolute Gasteiger partial charge is 0.358 e. The average Bonchev–Trinajstić information content (AvgIpc) is 2.80. The Morgan fingerprint density at radius 3 is 2.45 bits per heavy atom. The van der Waals surface area contributed by atoms with E-state index in [-0.39, 0.29) is 17.6 Å². The van der Waals surface area contributed by atoms with Crippen LogP contribution in [0.5, 0.6) is 0 Å². The molecule has 110 valence electrons. The van der Waals surface area contributed by atoms with Gasteiger partial charge in [0.25, 0.3) is 0 Å². The Hall–Kier alpha value is -2.12. The lowest BCUT2D eigenvalue weighted by Gasteiger charge is -2.36. The fourth-order valence-electron chi connectivity index (χ4n) is 2.41. The molecular weight excluding hydrogens is 262 g/mol. The van der Waals surface area contributed by atoms with E-state index in [1.54, 1.807) is 11.6 Å². The van der Waals surface area contributed by atoms with Gasteiger partial charge in [0, 0.05) is 39.1 Å². The van der Waals surface area contributed by atoms with Crippen molar-refractivity contribution in [1.29, 1.82) is 0 Å². The number of nitrogens with zero attached hydrogens (tertiary/aromatic N) is 5. The number of amides is 1. The predicted molar refractivity (Wildman–Crippen MR) is 73.5 cm³/mol. The monoisotopic (exact) mass is 281 g/mol. The van der Waals surface area contributed by atoms with E-state index in [2.05, 4.69) is 4.98 Å². The van der Waals surface area contributed by atoms with Crippen LogP contribution in [0.25, 0.3) is 0 Å². The summed E-state index contributed by atoms with van der Waals surface area (Å²) in [7, 11) is 1.74. The van der Waals surface area contributed by atoms with Crippen LogP contribution in [-0.4, -0.2) is 51.5 Å². The first-order valence-corrected chi connectivity index (χ1v) is 6.61. The molecule has 1 fully saturated rings. The second kappa shape index (κ2) is 5.48. The van der Waals surface area contributed by atoms with E-state index in [0.29, 0.717) is 32.0 Å². The highest BCUT2D eigenvalue weighted by molar-refractivity contribution is 5.78. The minimum atomic E-state index is -0.471. The van der Waals surface area contributed by atoms with Crippen molar-refractivity contribution in [1.82, 2.24) is 14.5 Å². The van der Waals surface area contributed by atoms with Crippen LogP contribution in [0.3, 0.4) is 0 Å². The minimum Gasteiger partial charge on any atom is -0.358 e. The van der Waals surface area contributed by atoms with Gasteiger partial charge in [-0.05, 0) is 9.91 Å². The molecule has 0 aromatic carbocycles. The maximum absolute atomic E-state index is 11.9. The third-order valence-electron chi connectivity index (χ3n) is 3.45. The summed E-state index contributed by atoms with van der Waals surface area (Å²) in [4.78, 5) is 30.0. The number of hydrogen-bond donors (Lipinski definition) is 0. The summed E-state index contributed by atoms with van der Waals surface area (Å²) in [6.45, 7) is 6.08. The fourth-order valence-corrected chi connectivity index (χ4v) is 2.41. The molecule has 1 saturated heterocycles. The van der Waals surface area contributed by atoms with Crippen LogP contribution in [0.4, 0.5) is 11.6 Å². The molecule has 0 aliphatic carbocycles. The normalized spacial score (nSPS) is 15.8. The van der Waals surface area contributed by atoms with Crippen molar-refractivity contribution in [3.05, 3.63) is 16.4 Å². The topological polar surface area (TPSA) is 84.5 Å². The van der Waals surface area contributed by atoms with E-state index in [1.807, 2.05) is 23.6 Å². The molecular formula is C12H19N5O3. The number of hydrogen-bond acceptors (Lipinski definition) is 5. The summed E-state index contributed by atoms with van der Waals surface area (Å²) in [5, 5.41) is 11.0. The van der Waals surface area contributed by atoms with Crippen LogP contribution < -0.4 is 4.90 Å². The largest absolute Gasteiger partial charge is 0.406 e. The number of anilines is 1. The number of aryl methyl sites for hydroxylation is 1. The molecule has 2 heterocycles. The van der Waals surface area contributed by atoms with Crippen LogP contribution in [0.1, 0.15) is 13.8 Å². The van der Waals surface area contributed by atoms with Gasteiger partial charge >= 0.3 is 5.82 Å². The van der Waals surface area contributed by atoms with E-state index >= 15 is 0 Å². The SMILES string of the molecule is CC(C)C(=O)N1CCN(c2c([N+](=O)[O-])ncn2C)CC1. The van der Waals surface area contributed by atoms with E-state index < -0.39 is 4.92 Å². The van der Waals surface area contributed by atoms with Crippen molar-refractivity contribution in [2.45, 2.75) is 13.8 Å². The van der Waals surface area contributed by atoms with Crippen LogP contribution in [-0.2, 0) is 11.8 Å². The molecule has 0 saturated carbocycles. The number of carbonyl (C=O) groups is 1. The van der Waals surface area contributed by atoms with Crippen molar-refractivity contribution in [3.8, 4) is 0 Å². The lowest BCUT2D eigenvalue weighted by atomic mass is 10.1. The van der Waals surface area contributed by atoms with Gasteiger partial charge in [-0.25, -0.2) is 0 Å². The van der Waals surface area contributed by atoms with Crippen LogP contribution in [0.2, 0.25) is 0 Å². The Morgan fingerprint density at radius 2 is 1.95 bits per heavy atom. The highest BCUT2D eigenvalue weighted by Gasteiger charge is 2.29. The Kier molecular flexibility index (Phi) is 3.91. The van der Waals surface area contributed by atoms with Gasteiger partial charge in [0.1, 0.15) is 0 Å². The molecule has 0 N–H and O–H groups in total. The zero-order chi connectivity index (χ0) is 14.9. The molecule has 2 rings (SSSR count). The third kappa shape index (κ3) is 2.59. The number of nitro groups is 1. The standard InChI is InChI=1S/C12H19N5O3/c1-9(2)12(18)16-6-4-15(5-7-16)11-10(17(19)20)13-8-14(11)3/h8-9H,4-7H2,1-3H3. The maximum Gasteiger partial charge on any atom is 0.406 e. The van der Waals surface area contributed by atoms with Gasteiger partial charge in [-0.3, -0.25) is 9.36 Å². The van der Waals surface area contributed by atoms with Crippen molar-refractivity contribution in [3.63, 3.8) is 0 Å². The molecule has 0 bridgehead atoms. The van der Waals surface area contributed by atoms with E-state index in [1.165, 1.54) is 6.33 Å². The van der Waals surface area contributed by atoms with Gasteiger partial charge in [0.05, 0.1) is 0 Å². The third-order valence-corrected chi connectivity index (χ3v) is 3.45. The summed E-state index contributed by atoms with van der Waals surface area (Å²) in [5.74, 6) is 0.486. The fraction of sp³-hybridized carbons (Fsp3) is 0.667. The van der Waals surface area contributed by atoms with Gasteiger partial charge in [-0.15, -0.1) is 0 Å². The van der Waals surface area contributed by atoms with Crippen LogP contribution >= 0.6 is 0 Å². The van der Waals surface area contributed by atoms with E-state index in [4.69, 9.17) is 0 Å². The molecule has 1 aromatic heterocycles. The van der Waals surface area contributed by atoms with Crippen LogP contribution in [0.15, 0.2) is 6.33 Å².